The van der Waals surface area contributed by atoms with Crippen LogP contribution in [0.1, 0.15) is 16.0 Å². The predicted molar refractivity (Wildman–Crippen MR) is 92.4 cm³/mol. The number of rotatable bonds is 2. The Balaban J connectivity index is 2.01. The molecule has 1 aliphatic rings. The summed E-state index contributed by atoms with van der Waals surface area (Å²) in [4.78, 5) is 0.0283. The van der Waals surface area contributed by atoms with Crippen LogP contribution in [0.3, 0.4) is 0 Å². The summed E-state index contributed by atoms with van der Waals surface area (Å²) in [6.45, 7) is 1.14. The predicted octanol–water partition coefficient (Wildman–Crippen LogP) is 5.20. The first-order valence-electron chi connectivity index (χ1n) is 6.14. The van der Waals surface area contributed by atoms with Gasteiger partial charge < -0.3 is 9.47 Å². The minimum absolute atomic E-state index is 0.0283. The van der Waals surface area contributed by atoms with Gasteiger partial charge >= 0.3 is 0 Å². The van der Waals surface area contributed by atoms with E-state index >= 15 is 0 Å². The average Bonchev–Trinajstić information content (AvgIpc) is 2.46. The van der Waals surface area contributed by atoms with Gasteiger partial charge in [0.1, 0.15) is 13.2 Å². The molecule has 0 aliphatic carbocycles. The molecule has 2 aromatic carbocycles. The molecule has 5 heteroatoms. The number of alkyl halides is 1. The van der Waals surface area contributed by atoms with Crippen LogP contribution in [0.5, 0.6) is 11.5 Å². The van der Waals surface area contributed by atoms with Crippen LogP contribution in [0.25, 0.3) is 0 Å². The van der Waals surface area contributed by atoms with E-state index in [1.54, 1.807) is 0 Å². The van der Waals surface area contributed by atoms with Crippen molar-refractivity contribution in [3.8, 4) is 11.5 Å². The fourth-order valence-corrected chi connectivity index (χ4v) is 3.74. The summed E-state index contributed by atoms with van der Waals surface area (Å²) in [5.74, 6) is 1.47. The maximum Gasteiger partial charge on any atom is 0.162 e. The lowest BCUT2D eigenvalue weighted by Crippen LogP contribution is -2.15. The van der Waals surface area contributed by atoms with Crippen molar-refractivity contribution in [2.24, 2.45) is 0 Å². The van der Waals surface area contributed by atoms with Crippen LogP contribution >= 0.6 is 50.1 Å². The molecule has 0 aromatic heterocycles. The highest BCUT2D eigenvalue weighted by Crippen LogP contribution is 2.42. The summed E-state index contributed by atoms with van der Waals surface area (Å²) in [6, 6.07) is 12.1. The molecule has 0 bridgehead atoms. The zero-order chi connectivity index (χ0) is 14.1. The van der Waals surface area contributed by atoms with Crippen molar-refractivity contribution in [1.82, 2.24) is 0 Å². The Morgan fingerprint density at radius 2 is 1.80 bits per heavy atom. The second kappa shape index (κ2) is 6.12. The first-order valence-corrected chi connectivity index (χ1v) is 8.51. The van der Waals surface area contributed by atoms with E-state index in [-0.39, 0.29) is 4.83 Å². The van der Waals surface area contributed by atoms with Gasteiger partial charge in [-0.25, -0.2) is 0 Å². The standard InChI is InChI=1S/C15H11BrClIO2/c16-15(9-2-1-3-10(18)6-9)11-7-13-14(8-12(11)17)20-5-4-19-13/h1-3,6-8,15H,4-5H2. The number of benzene rings is 2. The Hall–Kier alpha value is -0.460. The lowest BCUT2D eigenvalue weighted by molar-refractivity contribution is 0.171. The summed E-state index contributed by atoms with van der Waals surface area (Å²) in [6.07, 6.45) is 0. The summed E-state index contributed by atoms with van der Waals surface area (Å²) in [7, 11) is 0. The number of hydrogen-bond donors (Lipinski definition) is 0. The normalized spacial score (nSPS) is 14.9. The SMILES string of the molecule is Clc1cc2c(cc1C(Br)c1cccc(I)c1)OCCO2. The van der Waals surface area contributed by atoms with Crippen LogP contribution < -0.4 is 9.47 Å². The van der Waals surface area contributed by atoms with E-state index in [1.165, 1.54) is 3.57 Å². The van der Waals surface area contributed by atoms with Crippen molar-refractivity contribution in [3.63, 3.8) is 0 Å². The molecule has 1 atom stereocenters. The van der Waals surface area contributed by atoms with Gasteiger partial charge in [0.2, 0.25) is 0 Å². The molecule has 2 nitrogen and oxygen atoms in total. The fraction of sp³-hybridized carbons (Fsp3) is 0.200. The van der Waals surface area contributed by atoms with Crippen molar-refractivity contribution in [1.29, 1.82) is 0 Å². The third-order valence-corrected chi connectivity index (χ3v) is 5.10. The second-order valence-electron chi connectivity index (χ2n) is 4.43. The lowest BCUT2D eigenvalue weighted by atomic mass is 10.0. The molecular weight excluding hydrogens is 454 g/mol. The third-order valence-electron chi connectivity index (χ3n) is 3.08. The van der Waals surface area contributed by atoms with Gasteiger partial charge in [0.25, 0.3) is 0 Å². The smallest absolute Gasteiger partial charge is 0.162 e. The molecule has 1 aliphatic heterocycles. The number of hydrogen-bond acceptors (Lipinski definition) is 2. The molecule has 1 unspecified atom stereocenters. The molecule has 0 fully saturated rings. The van der Waals surface area contributed by atoms with E-state index in [9.17, 15) is 0 Å². The average molecular weight is 466 g/mol. The van der Waals surface area contributed by atoms with Crippen molar-refractivity contribution >= 4 is 50.1 Å². The summed E-state index contributed by atoms with van der Waals surface area (Å²) < 4.78 is 12.4. The van der Waals surface area contributed by atoms with E-state index in [0.29, 0.717) is 24.0 Å². The van der Waals surface area contributed by atoms with Crippen LogP contribution in [-0.2, 0) is 0 Å². The number of fused-ring (bicyclic) bond motifs is 1. The first-order chi connectivity index (χ1) is 9.65. The van der Waals surface area contributed by atoms with Crippen LogP contribution in [0.4, 0.5) is 0 Å². The van der Waals surface area contributed by atoms with Crippen LogP contribution in [-0.4, -0.2) is 13.2 Å². The topological polar surface area (TPSA) is 18.5 Å². The molecule has 0 N–H and O–H groups in total. The molecule has 2 aromatic rings. The second-order valence-corrected chi connectivity index (χ2v) is 7.00. The number of halogens is 3. The molecular formula is C15H11BrClIO2. The van der Waals surface area contributed by atoms with Crippen LogP contribution in [0.15, 0.2) is 36.4 Å². The van der Waals surface area contributed by atoms with Gasteiger partial charge in [-0.2, -0.15) is 0 Å². The maximum atomic E-state index is 6.38. The van der Waals surface area contributed by atoms with Crippen molar-refractivity contribution in [3.05, 3.63) is 56.1 Å². The molecule has 0 saturated heterocycles. The van der Waals surface area contributed by atoms with Gasteiger partial charge in [-0.1, -0.05) is 39.7 Å². The first kappa shape index (κ1) is 14.5. The summed E-state index contributed by atoms with van der Waals surface area (Å²) >= 11 is 12.4. The Bertz CT molecular complexity index is 648. The van der Waals surface area contributed by atoms with Gasteiger partial charge in [-0.05, 0) is 51.9 Å². The minimum atomic E-state index is 0.0283. The fourth-order valence-electron chi connectivity index (χ4n) is 2.12. The van der Waals surface area contributed by atoms with Gasteiger partial charge in [0.15, 0.2) is 11.5 Å². The molecule has 1 heterocycles. The monoisotopic (exact) mass is 464 g/mol. The van der Waals surface area contributed by atoms with Gasteiger partial charge in [0, 0.05) is 14.7 Å². The van der Waals surface area contributed by atoms with Crippen molar-refractivity contribution in [2.75, 3.05) is 13.2 Å². The third kappa shape index (κ3) is 2.92. The quantitative estimate of drug-likeness (QED) is 0.448. The molecule has 0 amide bonds. The van der Waals surface area contributed by atoms with Gasteiger partial charge in [-0.3, -0.25) is 0 Å². The van der Waals surface area contributed by atoms with E-state index < -0.39 is 0 Å². The molecule has 20 heavy (non-hydrogen) atoms. The minimum Gasteiger partial charge on any atom is -0.486 e. The zero-order valence-electron chi connectivity index (χ0n) is 10.4. The van der Waals surface area contributed by atoms with Gasteiger partial charge in [0.05, 0.1) is 4.83 Å². The van der Waals surface area contributed by atoms with Crippen molar-refractivity contribution < 1.29 is 9.47 Å². The molecule has 104 valence electrons. The number of ether oxygens (including phenoxy) is 2. The Kier molecular flexibility index (Phi) is 4.43. The Morgan fingerprint density at radius 3 is 2.50 bits per heavy atom. The van der Waals surface area contributed by atoms with Crippen LogP contribution in [0.2, 0.25) is 5.02 Å². The molecule has 0 saturated carbocycles. The van der Waals surface area contributed by atoms with E-state index in [2.05, 4.69) is 56.7 Å². The Labute approximate surface area is 144 Å². The van der Waals surface area contributed by atoms with Gasteiger partial charge in [-0.15, -0.1) is 0 Å². The zero-order valence-corrected chi connectivity index (χ0v) is 14.9. The Morgan fingerprint density at radius 1 is 1.10 bits per heavy atom. The van der Waals surface area contributed by atoms with E-state index in [4.69, 9.17) is 21.1 Å². The lowest BCUT2D eigenvalue weighted by Gasteiger charge is -2.21. The maximum absolute atomic E-state index is 6.38. The molecule has 0 spiro atoms. The summed E-state index contributed by atoms with van der Waals surface area (Å²) in [5, 5.41) is 0.676. The molecule has 3 rings (SSSR count). The summed E-state index contributed by atoms with van der Waals surface area (Å²) in [5.41, 5.74) is 2.15. The van der Waals surface area contributed by atoms with E-state index in [1.807, 2.05) is 18.2 Å². The highest BCUT2D eigenvalue weighted by Gasteiger charge is 2.20. The van der Waals surface area contributed by atoms with Crippen molar-refractivity contribution in [2.45, 2.75) is 4.83 Å². The molecule has 0 radical (unpaired) electrons. The van der Waals surface area contributed by atoms with E-state index in [0.717, 1.165) is 16.9 Å². The largest absolute Gasteiger partial charge is 0.486 e. The highest BCUT2D eigenvalue weighted by atomic mass is 127. The van der Waals surface area contributed by atoms with Crippen LogP contribution in [0, 0.1) is 3.57 Å². The highest BCUT2D eigenvalue weighted by molar-refractivity contribution is 14.1.